The van der Waals surface area contributed by atoms with Gasteiger partial charge in [-0.15, -0.1) is 0 Å². The molecule has 1 N–H and O–H groups in total. The van der Waals surface area contributed by atoms with Crippen molar-refractivity contribution in [2.24, 2.45) is 0 Å². The molecule has 0 bridgehead atoms. The Labute approximate surface area is 78.9 Å². The normalized spacial score (nSPS) is 9.86. The third-order valence-corrected chi connectivity index (χ3v) is 1.52. The third-order valence-electron chi connectivity index (χ3n) is 1.52. The van der Waals surface area contributed by atoms with E-state index in [1.165, 1.54) is 14.0 Å². The fourth-order valence-corrected chi connectivity index (χ4v) is 0.978. The summed E-state index contributed by atoms with van der Waals surface area (Å²) >= 11 is 0. The zero-order valence-electron chi connectivity index (χ0n) is 7.75. The molecule has 0 aliphatic rings. The molecule has 0 spiro atoms. The lowest BCUT2D eigenvalue weighted by Gasteiger charge is -1.96. The van der Waals surface area contributed by atoms with E-state index in [9.17, 15) is 14.4 Å². The zero-order chi connectivity index (χ0) is 10.7. The van der Waals surface area contributed by atoms with E-state index in [1.807, 2.05) is 0 Å². The van der Waals surface area contributed by atoms with E-state index >= 15 is 0 Å². The van der Waals surface area contributed by atoms with E-state index in [0.29, 0.717) is 0 Å². The molecule has 0 unspecified atom stereocenters. The smallest absolute Gasteiger partial charge is 0.417 e. The lowest BCUT2D eigenvalue weighted by Crippen LogP contribution is -2.08. The molecule has 1 aromatic rings. The van der Waals surface area contributed by atoms with Gasteiger partial charge in [0.1, 0.15) is 11.5 Å². The number of rotatable bonds is 3. The van der Waals surface area contributed by atoms with E-state index in [-0.39, 0.29) is 23.7 Å². The Balaban J connectivity index is 3.08. The number of ketones is 1. The maximum atomic E-state index is 11.1. The van der Waals surface area contributed by atoms with Crippen molar-refractivity contribution in [3.63, 3.8) is 0 Å². The summed E-state index contributed by atoms with van der Waals surface area (Å²) in [6.45, 7) is 1.33. The first kappa shape index (κ1) is 10.2. The molecular formula is C8H9NO5. The first-order chi connectivity index (χ1) is 6.54. The molecule has 0 aliphatic carbocycles. The number of carbonyl (C=O) groups excluding carboxylic acids is 2. The summed E-state index contributed by atoms with van der Waals surface area (Å²) in [7, 11) is 1.17. The molecule has 76 valence electrons. The van der Waals surface area contributed by atoms with Crippen molar-refractivity contribution >= 4 is 11.8 Å². The average Bonchev–Trinajstić information content (AvgIpc) is 2.44. The van der Waals surface area contributed by atoms with Crippen LogP contribution in [0.15, 0.2) is 9.21 Å². The molecule has 0 saturated carbocycles. The number of H-pyrrole nitrogens is 1. The van der Waals surface area contributed by atoms with Gasteiger partial charge < -0.3 is 9.15 Å². The number of methoxy groups -OCH3 is 1. The van der Waals surface area contributed by atoms with Crippen molar-refractivity contribution in [1.29, 1.82) is 0 Å². The first-order valence-electron chi connectivity index (χ1n) is 3.84. The van der Waals surface area contributed by atoms with Gasteiger partial charge in [0, 0.05) is 0 Å². The van der Waals surface area contributed by atoms with Crippen molar-refractivity contribution in [1.82, 2.24) is 4.98 Å². The standard InChI is InChI=1S/C8H9NO5/c1-4(10)3-5-6(7(11)13-2)9-8(12)14-5/h3H2,1-2H3,(H,9,12). The van der Waals surface area contributed by atoms with E-state index in [4.69, 9.17) is 0 Å². The highest BCUT2D eigenvalue weighted by Gasteiger charge is 2.18. The lowest BCUT2D eigenvalue weighted by atomic mass is 10.2. The van der Waals surface area contributed by atoms with Crippen LogP contribution in [0.25, 0.3) is 0 Å². The fraction of sp³-hybridized carbons (Fsp3) is 0.375. The summed E-state index contributed by atoms with van der Waals surface area (Å²) in [5.41, 5.74) is -0.104. The van der Waals surface area contributed by atoms with Gasteiger partial charge in [0.15, 0.2) is 5.69 Å². The monoisotopic (exact) mass is 199 g/mol. The highest BCUT2D eigenvalue weighted by molar-refractivity contribution is 5.90. The second-order valence-corrected chi connectivity index (χ2v) is 2.68. The minimum absolute atomic E-state index is 0.00866. The van der Waals surface area contributed by atoms with E-state index < -0.39 is 11.7 Å². The quantitative estimate of drug-likeness (QED) is 0.686. The Kier molecular flexibility index (Phi) is 2.85. The van der Waals surface area contributed by atoms with Crippen molar-refractivity contribution in [2.75, 3.05) is 7.11 Å². The topological polar surface area (TPSA) is 89.4 Å². The maximum absolute atomic E-state index is 11.1. The molecule has 0 amide bonds. The van der Waals surface area contributed by atoms with Gasteiger partial charge in [-0.1, -0.05) is 0 Å². The van der Waals surface area contributed by atoms with Crippen molar-refractivity contribution < 1.29 is 18.7 Å². The van der Waals surface area contributed by atoms with E-state index in [2.05, 4.69) is 14.1 Å². The number of esters is 1. The Morgan fingerprint density at radius 3 is 2.64 bits per heavy atom. The summed E-state index contributed by atoms with van der Waals surface area (Å²) < 4.78 is 9.01. The summed E-state index contributed by atoms with van der Waals surface area (Å²) in [5.74, 6) is -1.71. The highest BCUT2D eigenvalue weighted by Crippen LogP contribution is 2.06. The number of hydrogen-bond acceptors (Lipinski definition) is 5. The number of carbonyl (C=O) groups is 2. The molecule has 0 radical (unpaired) electrons. The van der Waals surface area contributed by atoms with Crippen LogP contribution in [0.3, 0.4) is 0 Å². The molecule has 14 heavy (non-hydrogen) atoms. The van der Waals surface area contributed by atoms with Crippen LogP contribution >= 0.6 is 0 Å². The molecule has 0 aromatic carbocycles. The van der Waals surface area contributed by atoms with Gasteiger partial charge in [-0.05, 0) is 6.92 Å². The number of Topliss-reactive ketones (excluding diaryl/α,β-unsaturated/α-hetero) is 1. The Morgan fingerprint density at radius 2 is 2.14 bits per heavy atom. The molecule has 0 atom stereocenters. The Bertz CT molecular complexity index is 414. The summed E-state index contributed by atoms with van der Waals surface area (Å²) in [4.78, 5) is 34.7. The van der Waals surface area contributed by atoms with Crippen LogP contribution in [0.1, 0.15) is 23.2 Å². The van der Waals surface area contributed by atoms with Crippen LogP contribution in [0.2, 0.25) is 0 Å². The zero-order valence-corrected chi connectivity index (χ0v) is 7.75. The van der Waals surface area contributed by atoms with Crippen LogP contribution in [0, 0.1) is 0 Å². The summed E-state index contributed by atoms with van der Waals surface area (Å²) in [6.07, 6.45) is -0.108. The molecule has 1 heterocycles. The third kappa shape index (κ3) is 2.09. The number of aromatic nitrogens is 1. The van der Waals surface area contributed by atoms with Gasteiger partial charge in [0.25, 0.3) is 0 Å². The molecule has 6 nitrogen and oxygen atoms in total. The molecule has 6 heteroatoms. The maximum Gasteiger partial charge on any atom is 0.417 e. The van der Waals surface area contributed by atoms with Gasteiger partial charge in [-0.25, -0.2) is 9.59 Å². The van der Waals surface area contributed by atoms with Crippen LogP contribution in [0.4, 0.5) is 0 Å². The summed E-state index contributed by atoms with van der Waals surface area (Å²) in [6, 6.07) is 0. The average molecular weight is 199 g/mol. The number of hydrogen-bond donors (Lipinski definition) is 1. The van der Waals surface area contributed by atoms with Gasteiger partial charge in [0.2, 0.25) is 0 Å². The second kappa shape index (κ2) is 3.91. The van der Waals surface area contributed by atoms with Gasteiger partial charge in [-0.2, -0.15) is 0 Å². The van der Waals surface area contributed by atoms with Crippen molar-refractivity contribution in [3.05, 3.63) is 22.0 Å². The molecule has 0 saturated heterocycles. The predicted molar refractivity (Wildman–Crippen MR) is 45.1 cm³/mol. The molecule has 0 fully saturated rings. The number of ether oxygens (including phenoxy) is 1. The van der Waals surface area contributed by atoms with Crippen LogP contribution in [-0.4, -0.2) is 23.8 Å². The van der Waals surface area contributed by atoms with E-state index in [0.717, 1.165) is 0 Å². The lowest BCUT2D eigenvalue weighted by molar-refractivity contribution is -0.116. The van der Waals surface area contributed by atoms with Gasteiger partial charge in [-0.3, -0.25) is 9.78 Å². The molecule has 0 aliphatic heterocycles. The molecule has 1 aromatic heterocycles. The Morgan fingerprint density at radius 1 is 1.50 bits per heavy atom. The fourth-order valence-electron chi connectivity index (χ4n) is 0.978. The van der Waals surface area contributed by atoms with Gasteiger partial charge in [0.05, 0.1) is 13.5 Å². The highest BCUT2D eigenvalue weighted by atomic mass is 16.5. The predicted octanol–water partition coefficient (Wildman–Crippen LogP) is -0.114. The minimum Gasteiger partial charge on any atom is -0.464 e. The van der Waals surface area contributed by atoms with Crippen LogP contribution in [0.5, 0.6) is 0 Å². The van der Waals surface area contributed by atoms with Crippen molar-refractivity contribution in [3.8, 4) is 0 Å². The summed E-state index contributed by atoms with van der Waals surface area (Å²) in [5, 5.41) is 0. The Hall–Kier alpha value is -1.85. The van der Waals surface area contributed by atoms with Crippen molar-refractivity contribution in [2.45, 2.75) is 13.3 Å². The molecule has 1 rings (SSSR count). The SMILES string of the molecule is COC(=O)c1[nH]c(=O)oc1CC(C)=O. The largest absolute Gasteiger partial charge is 0.464 e. The number of aromatic amines is 1. The van der Waals surface area contributed by atoms with Crippen LogP contribution < -0.4 is 5.76 Å². The first-order valence-corrected chi connectivity index (χ1v) is 3.84. The molecular weight excluding hydrogens is 190 g/mol. The van der Waals surface area contributed by atoms with Gasteiger partial charge >= 0.3 is 11.7 Å². The second-order valence-electron chi connectivity index (χ2n) is 2.68. The van der Waals surface area contributed by atoms with E-state index in [1.54, 1.807) is 0 Å². The minimum atomic E-state index is -0.776. The van der Waals surface area contributed by atoms with Crippen LogP contribution in [-0.2, 0) is 16.0 Å². The number of oxazole rings is 1. The number of nitrogens with one attached hydrogen (secondary N) is 1.